The summed E-state index contributed by atoms with van der Waals surface area (Å²) in [7, 11) is 0. The number of hydrogen-bond acceptors (Lipinski definition) is 2. The summed E-state index contributed by atoms with van der Waals surface area (Å²) in [5.74, 6) is 0. The second-order valence-corrected chi connectivity index (χ2v) is 4.68. The molecule has 4 heteroatoms. The van der Waals surface area contributed by atoms with Gasteiger partial charge in [0.15, 0.2) is 0 Å². The van der Waals surface area contributed by atoms with E-state index in [1.54, 1.807) is 0 Å². The molecule has 3 rings (SSSR count). The average Bonchev–Trinajstić information content (AvgIpc) is 2.78. The molecule has 3 aromatic rings. The first-order valence-corrected chi connectivity index (χ1v) is 6.24. The minimum Gasteiger partial charge on any atom is -0.324 e. The Morgan fingerprint density at radius 2 is 1.74 bits per heavy atom. The zero-order valence-electron chi connectivity index (χ0n) is 10.4. The normalized spacial score (nSPS) is 12.7. The predicted molar refractivity (Wildman–Crippen MR) is 76.0 cm³/mol. The number of hydrogen-bond donors (Lipinski definition) is 3. The minimum absolute atomic E-state index is 0.0785. The third-order valence-electron chi connectivity index (χ3n) is 3.27. The molecule has 1 heterocycles. The Morgan fingerprint density at radius 3 is 2.53 bits per heavy atom. The lowest BCUT2D eigenvalue weighted by Crippen LogP contribution is -2.13. The Bertz CT molecular complexity index is 743. The fourth-order valence-corrected chi connectivity index (χ4v) is 2.27. The smallest absolute Gasteiger partial charge is 0.323 e. The number of rotatable bonds is 3. The molecule has 0 bridgehead atoms. The zero-order chi connectivity index (χ0) is 13.2. The van der Waals surface area contributed by atoms with Crippen LogP contribution in [-0.4, -0.2) is 9.97 Å². The molecule has 0 aliphatic carbocycles. The Balaban J connectivity index is 1.88. The molecule has 0 saturated heterocycles. The van der Waals surface area contributed by atoms with E-state index in [0.29, 0.717) is 0 Å². The van der Waals surface area contributed by atoms with Crippen molar-refractivity contribution in [1.29, 1.82) is 0 Å². The van der Waals surface area contributed by atoms with Gasteiger partial charge in [-0.15, -0.1) is 0 Å². The highest BCUT2D eigenvalue weighted by Gasteiger charge is 2.08. The van der Waals surface area contributed by atoms with Gasteiger partial charge in [-0.2, -0.15) is 0 Å². The molecule has 0 saturated carbocycles. The topological polar surface area (TPSA) is 74.7 Å². The number of nitrogens with two attached hydrogens (primary N) is 1. The third kappa shape index (κ3) is 2.44. The Kier molecular flexibility index (Phi) is 2.93. The maximum absolute atomic E-state index is 11.2. The van der Waals surface area contributed by atoms with Crippen molar-refractivity contribution in [3.05, 3.63) is 70.1 Å². The quantitative estimate of drug-likeness (QED) is 0.668. The van der Waals surface area contributed by atoms with Gasteiger partial charge in [0.1, 0.15) is 0 Å². The lowest BCUT2D eigenvalue weighted by atomic mass is 9.99. The van der Waals surface area contributed by atoms with E-state index in [2.05, 4.69) is 22.1 Å². The van der Waals surface area contributed by atoms with E-state index in [1.165, 1.54) is 5.56 Å². The molecule has 0 aliphatic rings. The van der Waals surface area contributed by atoms with Crippen LogP contribution in [0.3, 0.4) is 0 Å². The second-order valence-electron chi connectivity index (χ2n) is 4.68. The number of aromatic nitrogens is 2. The summed E-state index contributed by atoms with van der Waals surface area (Å²) >= 11 is 0. The second kappa shape index (κ2) is 4.74. The van der Waals surface area contributed by atoms with E-state index >= 15 is 0 Å². The van der Waals surface area contributed by atoms with Crippen molar-refractivity contribution >= 4 is 11.0 Å². The van der Waals surface area contributed by atoms with Crippen LogP contribution in [0.2, 0.25) is 0 Å². The van der Waals surface area contributed by atoms with Gasteiger partial charge in [-0.25, -0.2) is 4.79 Å². The summed E-state index contributed by atoms with van der Waals surface area (Å²) in [6, 6.07) is 15.8. The van der Waals surface area contributed by atoms with Crippen molar-refractivity contribution in [2.75, 3.05) is 0 Å². The van der Waals surface area contributed by atoms with Gasteiger partial charge in [0.25, 0.3) is 0 Å². The van der Waals surface area contributed by atoms with Crippen LogP contribution in [0.4, 0.5) is 0 Å². The molecule has 19 heavy (non-hydrogen) atoms. The molecule has 96 valence electrons. The molecular formula is C15H15N3O. The highest BCUT2D eigenvalue weighted by atomic mass is 16.1. The summed E-state index contributed by atoms with van der Waals surface area (Å²) in [4.78, 5) is 16.7. The van der Waals surface area contributed by atoms with Gasteiger partial charge in [0.2, 0.25) is 0 Å². The van der Waals surface area contributed by atoms with E-state index in [-0.39, 0.29) is 11.7 Å². The molecule has 1 aromatic heterocycles. The van der Waals surface area contributed by atoms with E-state index in [1.807, 2.05) is 36.4 Å². The fraction of sp³-hybridized carbons (Fsp3) is 0.133. The fourth-order valence-electron chi connectivity index (χ4n) is 2.27. The van der Waals surface area contributed by atoms with Gasteiger partial charge in [-0.05, 0) is 29.7 Å². The summed E-state index contributed by atoms with van der Waals surface area (Å²) in [5.41, 5.74) is 9.86. The van der Waals surface area contributed by atoms with Crippen LogP contribution in [0.5, 0.6) is 0 Å². The number of aromatic amines is 2. The van der Waals surface area contributed by atoms with E-state index in [0.717, 1.165) is 23.0 Å². The molecule has 2 aromatic carbocycles. The minimum atomic E-state index is -0.191. The van der Waals surface area contributed by atoms with Gasteiger partial charge in [-0.3, -0.25) is 0 Å². The molecule has 0 amide bonds. The number of imidazole rings is 1. The van der Waals surface area contributed by atoms with Crippen LogP contribution in [-0.2, 0) is 6.42 Å². The van der Waals surface area contributed by atoms with Crippen LogP contribution >= 0.6 is 0 Å². The van der Waals surface area contributed by atoms with Gasteiger partial charge in [0, 0.05) is 6.04 Å². The molecule has 1 atom stereocenters. The van der Waals surface area contributed by atoms with Gasteiger partial charge >= 0.3 is 5.69 Å². The Labute approximate surface area is 110 Å². The van der Waals surface area contributed by atoms with Crippen molar-refractivity contribution in [1.82, 2.24) is 9.97 Å². The van der Waals surface area contributed by atoms with Crippen LogP contribution < -0.4 is 11.4 Å². The van der Waals surface area contributed by atoms with Crippen LogP contribution in [0.25, 0.3) is 11.0 Å². The Hall–Kier alpha value is -2.33. The first kappa shape index (κ1) is 11.7. The van der Waals surface area contributed by atoms with Crippen LogP contribution in [0.15, 0.2) is 53.3 Å². The molecule has 1 unspecified atom stereocenters. The van der Waals surface area contributed by atoms with E-state index in [9.17, 15) is 4.79 Å². The summed E-state index contributed by atoms with van der Waals surface area (Å²) in [6.07, 6.45) is 0.779. The summed E-state index contributed by atoms with van der Waals surface area (Å²) < 4.78 is 0. The van der Waals surface area contributed by atoms with Crippen molar-refractivity contribution in [2.45, 2.75) is 12.5 Å². The van der Waals surface area contributed by atoms with E-state index in [4.69, 9.17) is 5.73 Å². The zero-order valence-corrected chi connectivity index (χ0v) is 10.4. The van der Waals surface area contributed by atoms with E-state index < -0.39 is 0 Å². The Morgan fingerprint density at radius 1 is 1.00 bits per heavy atom. The maximum Gasteiger partial charge on any atom is 0.323 e. The number of benzene rings is 2. The van der Waals surface area contributed by atoms with Crippen molar-refractivity contribution in [3.8, 4) is 0 Å². The summed E-state index contributed by atoms with van der Waals surface area (Å²) in [6.45, 7) is 0. The average molecular weight is 253 g/mol. The maximum atomic E-state index is 11.2. The highest BCUT2D eigenvalue weighted by Crippen LogP contribution is 2.19. The SMILES string of the molecule is NC(Cc1ccccc1)c1ccc2[nH]c(=O)[nH]c2c1. The monoisotopic (exact) mass is 253 g/mol. The molecular weight excluding hydrogens is 238 g/mol. The van der Waals surface area contributed by atoms with Gasteiger partial charge in [0.05, 0.1) is 11.0 Å². The molecule has 4 nitrogen and oxygen atoms in total. The third-order valence-corrected chi connectivity index (χ3v) is 3.27. The van der Waals surface area contributed by atoms with Crippen molar-refractivity contribution in [3.63, 3.8) is 0 Å². The van der Waals surface area contributed by atoms with Crippen LogP contribution in [0, 0.1) is 0 Å². The predicted octanol–water partition coefficient (Wildman–Crippen LogP) is 2.10. The standard InChI is InChI=1S/C15H15N3O/c16-12(8-10-4-2-1-3-5-10)11-6-7-13-14(9-11)18-15(19)17-13/h1-7,9,12H,8,16H2,(H2,17,18,19). The van der Waals surface area contributed by atoms with Crippen molar-refractivity contribution < 1.29 is 0 Å². The van der Waals surface area contributed by atoms with Gasteiger partial charge < -0.3 is 15.7 Å². The highest BCUT2D eigenvalue weighted by molar-refractivity contribution is 5.75. The van der Waals surface area contributed by atoms with Crippen LogP contribution in [0.1, 0.15) is 17.2 Å². The molecule has 0 fully saturated rings. The first-order chi connectivity index (χ1) is 9.22. The van der Waals surface area contributed by atoms with Crippen molar-refractivity contribution in [2.24, 2.45) is 5.73 Å². The lowest BCUT2D eigenvalue weighted by Gasteiger charge is -2.12. The lowest BCUT2D eigenvalue weighted by molar-refractivity contribution is 0.723. The molecule has 4 N–H and O–H groups in total. The number of fused-ring (bicyclic) bond motifs is 1. The molecule has 0 radical (unpaired) electrons. The number of H-pyrrole nitrogens is 2. The largest absolute Gasteiger partial charge is 0.324 e. The number of nitrogens with one attached hydrogen (secondary N) is 2. The first-order valence-electron chi connectivity index (χ1n) is 6.24. The van der Waals surface area contributed by atoms with Gasteiger partial charge in [-0.1, -0.05) is 36.4 Å². The molecule has 0 aliphatic heterocycles. The summed E-state index contributed by atoms with van der Waals surface area (Å²) in [5, 5.41) is 0. The molecule has 0 spiro atoms.